The van der Waals surface area contributed by atoms with Crippen LogP contribution < -0.4 is 0 Å². The Hall–Kier alpha value is 1.46. The quantitative estimate of drug-likeness (QED) is 0.475. The van der Waals surface area contributed by atoms with Crippen LogP contribution in [0, 0.1) is 6.01 Å². The molecule has 0 amide bonds. The van der Waals surface area contributed by atoms with Gasteiger partial charge in [-0.1, -0.05) is 0 Å². The molecular formula is C4H2I2Se. The van der Waals surface area contributed by atoms with Crippen molar-refractivity contribution in [1.29, 1.82) is 0 Å². The van der Waals surface area contributed by atoms with Crippen molar-refractivity contribution in [2.45, 2.75) is 0 Å². The molecule has 0 radical (unpaired) electrons. The molecule has 0 fully saturated rings. The van der Waals surface area contributed by atoms with Gasteiger partial charge in [0.2, 0.25) is 0 Å². The van der Waals surface area contributed by atoms with Crippen LogP contribution >= 0.6 is 45.2 Å². The Balaban J connectivity index is 3.12. The molecule has 0 unspecified atom stereocenters. The van der Waals surface area contributed by atoms with Gasteiger partial charge in [0.15, 0.2) is 0 Å². The van der Waals surface area contributed by atoms with E-state index in [0.717, 1.165) is 0 Å². The van der Waals surface area contributed by atoms with E-state index in [2.05, 4.69) is 56.2 Å². The molecule has 0 bridgehead atoms. The number of hydrogen-bond acceptors (Lipinski definition) is 0. The Morgan fingerprint density at radius 1 is 1.43 bits per heavy atom. The van der Waals surface area contributed by atoms with Crippen molar-refractivity contribution in [3.8, 4) is 0 Å². The summed E-state index contributed by atoms with van der Waals surface area (Å²) < 4.78 is 2.96. The second-order valence-corrected chi connectivity index (χ2v) is 6.85. The summed E-state index contributed by atoms with van der Waals surface area (Å²) in [6.07, 6.45) is 0. The SMILES string of the molecule is Ic1cc[se]c1I. The molecule has 38 valence electrons. The molecule has 0 aliphatic heterocycles. The summed E-state index contributed by atoms with van der Waals surface area (Å²) >= 11 is 5.43. The normalized spacial score (nSPS) is 9.43. The zero-order chi connectivity index (χ0) is 5.28. The van der Waals surface area contributed by atoms with Gasteiger partial charge in [-0.3, -0.25) is 0 Å². The molecule has 1 rings (SSSR count). The van der Waals surface area contributed by atoms with Gasteiger partial charge in [-0.2, -0.15) is 0 Å². The van der Waals surface area contributed by atoms with E-state index in [9.17, 15) is 0 Å². The Morgan fingerprint density at radius 3 is 2.29 bits per heavy atom. The van der Waals surface area contributed by atoms with Crippen molar-refractivity contribution in [1.82, 2.24) is 0 Å². The third kappa shape index (κ3) is 1.69. The average molecular weight is 383 g/mol. The second kappa shape index (κ2) is 2.85. The summed E-state index contributed by atoms with van der Waals surface area (Å²) in [5.74, 6) is 0. The van der Waals surface area contributed by atoms with Gasteiger partial charge in [0.1, 0.15) is 0 Å². The topological polar surface area (TPSA) is 0 Å². The maximum atomic E-state index is 2.40. The Morgan fingerprint density at radius 2 is 2.14 bits per heavy atom. The Labute approximate surface area is 75.7 Å². The van der Waals surface area contributed by atoms with E-state index >= 15 is 0 Å². The van der Waals surface area contributed by atoms with Crippen LogP contribution in [0.15, 0.2) is 11.0 Å². The molecule has 0 aliphatic rings. The van der Waals surface area contributed by atoms with Crippen LogP contribution in [0.3, 0.4) is 0 Å². The number of halogens is 2. The third-order valence-corrected chi connectivity index (χ3v) is 6.70. The van der Waals surface area contributed by atoms with Crippen LogP contribution in [0.25, 0.3) is 0 Å². The summed E-state index contributed by atoms with van der Waals surface area (Å²) in [4.78, 5) is 2.25. The summed E-state index contributed by atoms with van der Waals surface area (Å²) in [5, 5.41) is 0. The minimum absolute atomic E-state index is 0.678. The molecule has 1 aromatic heterocycles. The van der Waals surface area contributed by atoms with E-state index < -0.39 is 0 Å². The van der Waals surface area contributed by atoms with Crippen molar-refractivity contribution >= 4 is 59.7 Å². The molecule has 0 saturated carbocycles. The molecule has 1 aromatic rings. The third-order valence-electron chi connectivity index (χ3n) is 0.574. The summed E-state index contributed by atoms with van der Waals surface area (Å²) in [5.41, 5.74) is 0. The minimum atomic E-state index is 0.678. The zero-order valence-corrected chi connectivity index (χ0v) is 9.35. The van der Waals surface area contributed by atoms with E-state index in [4.69, 9.17) is 0 Å². The first-order valence-electron chi connectivity index (χ1n) is 1.69. The predicted octanol–water partition coefficient (Wildman–Crippen LogP) is 1.95. The van der Waals surface area contributed by atoms with E-state index in [1.54, 1.807) is 0 Å². The maximum absolute atomic E-state index is 2.40. The van der Waals surface area contributed by atoms with Gasteiger partial charge < -0.3 is 0 Å². The molecular weight excluding hydrogens is 381 g/mol. The average Bonchev–Trinajstić information content (AvgIpc) is 1.91. The molecule has 7 heavy (non-hydrogen) atoms. The van der Waals surface area contributed by atoms with E-state index in [-0.39, 0.29) is 0 Å². The van der Waals surface area contributed by atoms with E-state index in [1.807, 2.05) is 0 Å². The fourth-order valence-corrected chi connectivity index (χ4v) is 3.66. The zero-order valence-electron chi connectivity index (χ0n) is 3.32. The van der Waals surface area contributed by atoms with Crippen LogP contribution in [0.1, 0.15) is 0 Å². The van der Waals surface area contributed by atoms with Gasteiger partial charge in [0.05, 0.1) is 0 Å². The molecule has 0 nitrogen and oxygen atoms in total. The first kappa shape index (κ1) is 6.58. The predicted molar refractivity (Wildman–Crippen MR) is 48.8 cm³/mol. The van der Waals surface area contributed by atoms with Crippen molar-refractivity contribution in [2.24, 2.45) is 0 Å². The standard InChI is InChI=1S/C4H2I2Se/c5-3-1-2-7-4(3)6/h1-2H. The van der Waals surface area contributed by atoms with Crippen LogP contribution in [-0.2, 0) is 0 Å². The van der Waals surface area contributed by atoms with Crippen LogP contribution in [-0.4, -0.2) is 14.5 Å². The van der Waals surface area contributed by atoms with Crippen LogP contribution in [0.4, 0.5) is 0 Å². The molecule has 1 heterocycles. The van der Waals surface area contributed by atoms with E-state index in [0.29, 0.717) is 14.5 Å². The van der Waals surface area contributed by atoms with E-state index in [1.165, 1.54) is 6.01 Å². The van der Waals surface area contributed by atoms with Crippen molar-refractivity contribution < 1.29 is 0 Å². The van der Waals surface area contributed by atoms with Crippen molar-refractivity contribution in [3.05, 3.63) is 17.0 Å². The molecule has 0 saturated heterocycles. The number of rotatable bonds is 0. The molecule has 0 aliphatic carbocycles. The Bertz CT molecular complexity index is 142. The van der Waals surface area contributed by atoms with Gasteiger partial charge in [-0.05, 0) is 0 Å². The summed E-state index contributed by atoms with van der Waals surface area (Å²) in [7, 11) is 0. The summed E-state index contributed by atoms with van der Waals surface area (Å²) in [6.45, 7) is 0. The second-order valence-electron chi connectivity index (χ2n) is 1.04. The van der Waals surface area contributed by atoms with Crippen molar-refractivity contribution in [3.63, 3.8) is 0 Å². The molecule has 0 N–H and O–H groups in total. The fraction of sp³-hybridized carbons (Fsp3) is 0. The first-order valence-corrected chi connectivity index (χ1v) is 5.69. The van der Waals surface area contributed by atoms with Gasteiger partial charge in [-0.25, -0.2) is 0 Å². The molecule has 3 heteroatoms. The van der Waals surface area contributed by atoms with Gasteiger partial charge in [-0.15, -0.1) is 0 Å². The van der Waals surface area contributed by atoms with Crippen LogP contribution in [0.2, 0.25) is 0 Å². The molecule has 0 aromatic carbocycles. The van der Waals surface area contributed by atoms with Gasteiger partial charge in [0, 0.05) is 0 Å². The molecule has 0 spiro atoms. The number of hydrogen-bond donors (Lipinski definition) is 0. The Kier molecular flexibility index (Phi) is 2.67. The van der Waals surface area contributed by atoms with Crippen molar-refractivity contribution in [2.75, 3.05) is 0 Å². The van der Waals surface area contributed by atoms with Crippen LogP contribution in [0.5, 0.6) is 0 Å². The fourth-order valence-electron chi connectivity index (χ4n) is 0.275. The summed E-state index contributed by atoms with van der Waals surface area (Å²) in [6, 6.07) is 2.18. The van der Waals surface area contributed by atoms with Gasteiger partial charge >= 0.3 is 76.7 Å². The van der Waals surface area contributed by atoms with Gasteiger partial charge in [0.25, 0.3) is 0 Å². The monoisotopic (exact) mass is 384 g/mol. The molecule has 0 atom stereocenters. The first-order chi connectivity index (χ1) is 3.30.